The molecular formula is C22H24N2O6S2. The van der Waals surface area contributed by atoms with Crippen LogP contribution >= 0.6 is 11.3 Å². The molecule has 1 N–H and O–H groups in total. The van der Waals surface area contributed by atoms with Crippen LogP contribution < -0.4 is 4.72 Å². The van der Waals surface area contributed by atoms with Crippen LogP contribution in [0.5, 0.6) is 0 Å². The largest absolute Gasteiger partial charge is 0.465 e. The van der Waals surface area contributed by atoms with Crippen LogP contribution in [0.25, 0.3) is 11.0 Å². The highest BCUT2D eigenvalue weighted by Gasteiger charge is 2.36. The number of ether oxygens (including phenoxy) is 1. The second kappa shape index (κ2) is 8.68. The number of benzene rings is 1. The molecule has 1 aliphatic rings. The minimum Gasteiger partial charge on any atom is -0.465 e. The van der Waals surface area contributed by atoms with Crippen molar-refractivity contribution >= 4 is 44.2 Å². The smallest absolute Gasteiger partial charge is 0.340 e. The van der Waals surface area contributed by atoms with Gasteiger partial charge in [0.25, 0.3) is 15.9 Å². The lowest BCUT2D eigenvalue weighted by Gasteiger charge is -2.26. The maximum atomic E-state index is 13.1. The number of methoxy groups -OCH3 is 1. The molecule has 1 aromatic carbocycles. The van der Waals surface area contributed by atoms with Crippen molar-refractivity contribution in [3.63, 3.8) is 0 Å². The zero-order valence-corrected chi connectivity index (χ0v) is 19.6. The third-order valence-corrected chi connectivity index (χ3v) is 8.87. The summed E-state index contributed by atoms with van der Waals surface area (Å²) in [7, 11) is -2.69. The van der Waals surface area contributed by atoms with Gasteiger partial charge in [0.05, 0.1) is 19.2 Å². The first kappa shape index (κ1) is 22.5. The summed E-state index contributed by atoms with van der Waals surface area (Å²) in [5.74, 6) is -0.739. The summed E-state index contributed by atoms with van der Waals surface area (Å²) < 4.78 is 39.1. The molecule has 3 heterocycles. The molecule has 0 spiro atoms. The fourth-order valence-corrected chi connectivity index (χ4v) is 6.94. The van der Waals surface area contributed by atoms with Crippen LogP contribution in [0.3, 0.4) is 0 Å². The highest BCUT2D eigenvalue weighted by Crippen LogP contribution is 2.37. The van der Waals surface area contributed by atoms with Crippen LogP contribution in [0.4, 0.5) is 0 Å². The van der Waals surface area contributed by atoms with E-state index in [-0.39, 0.29) is 34.0 Å². The number of fused-ring (bicyclic) bond motifs is 2. The van der Waals surface area contributed by atoms with Crippen molar-refractivity contribution < 1.29 is 27.2 Å². The van der Waals surface area contributed by atoms with Gasteiger partial charge in [-0.1, -0.05) is 25.1 Å². The number of rotatable bonds is 6. The van der Waals surface area contributed by atoms with Gasteiger partial charge in [-0.15, -0.1) is 11.3 Å². The van der Waals surface area contributed by atoms with Crippen molar-refractivity contribution in [3.8, 4) is 0 Å². The van der Waals surface area contributed by atoms with Crippen LogP contribution in [0.1, 0.15) is 51.6 Å². The second-order valence-electron chi connectivity index (χ2n) is 7.71. The lowest BCUT2D eigenvalue weighted by Crippen LogP contribution is -2.35. The van der Waals surface area contributed by atoms with Crippen molar-refractivity contribution in [2.75, 3.05) is 13.7 Å². The van der Waals surface area contributed by atoms with Crippen molar-refractivity contribution in [1.29, 1.82) is 0 Å². The molecule has 1 atom stereocenters. The zero-order valence-electron chi connectivity index (χ0n) is 18.0. The number of thiophene rings is 1. The first-order valence-corrected chi connectivity index (χ1v) is 12.6. The van der Waals surface area contributed by atoms with Crippen LogP contribution in [-0.2, 0) is 27.7 Å². The Labute approximate surface area is 190 Å². The van der Waals surface area contributed by atoms with E-state index in [1.54, 1.807) is 24.0 Å². The molecule has 0 aliphatic carbocycles. The van der Waals surface area contributed by atoms with Gasteiger partial charge in [0.2, 0.25) is 0 Å². The van der Waals surface area contributed by atoms with Gasteiger partial charge in [0.1, 0.15) is 9.79 Å². The summed E-state index contributed by atoms with van der Waals surface area (Å²) in [6.45, 7) is 4.16. The lowest BCUT2D eigenvalue weighted by atomic mass is 10.0. The van der Waals surface area contributed by atoms with E-state index in [1.807, 2.05) is 25.1 Å². The van der Waals surface area contributed by atoms with Crippen molar-refractivity contribution in [3.05, 3.63) is 52.1 Å². The van der Waals surface area contributed by atoms with Crippen LogP contribution in [0.15, 0.2) is 39.0 Å². The number of hydrogen-bond donors (Lipinski definition) is 1. The fourth-order valence-electron chi connectivity index (χ4n) is 3.69. The Morgan fingerprint density at radius 2 is 2.06 bits per heavy atom. The molecule has 0 radical (unpaired) electrons. The lowest BCUT2D eigenvalue weighted by molar-refractivity contribution is 0.0595. The summed E-state index contributed by atoms with van der Waals surface area (Å²) in [5, 5.41) is 0.835. The van der Waals surface area contributed by atoms with Gasteiger partial charge in [-0.3, -0.25) is 4.79 Å². The van der Waals surface area contributed by atoms with E-state index in [9.17, 15) is 18.0 Å². The molecule has 10 heteroatoms. The fraction of sp³-hybridized carbons (Fsp3) is 0.364. The molecule has 1 aliphatic heterocycles. The molecule has 2 aromatic heterocycles. The number of amides is 1. The van der Waals surface area contributed by atoms with Crippen molar-refractivity contribution in [1.82, 2.24) is 9.62 Å². The van der Waals surface area contributed by atoms with Gasteiger partial charge >= 0.3 is 5.97 Å². The van der Waals surface area contributed by atoms with Crippen LogP contribution in [-0.4, -0.2) is 44.9 Å². The predicted molar refractivity (Wildman–Crippen MR) is 120 cm³/mol. The number of hydrogen-bond acceptors (Lipinski definition) is 7. The molecule has 0 saturated heterocycles. The second-order valence-corrected chi connectivity index (χ2v) is 10.7. The van der Waals surface area contributed by atoms with Gasteiger partial charge in [0.15, 0.2) is 5.76 Å². The first-order valence-electron chi connectivity index (χ1n) is 10.3. The molecule has 0 saturated carbocycles. The van der Waals surface area contributed by atoms with E-state index in [2.05, 4.69) is 4.72 Å². The maximum Gasteiger partial charge on any atom is 0.340 e. The Kier molecular flexibility index (Phi) is 6.11. The van der Waals surface area contributed by atoms with Gasteiger partial charge < -0.3 is 14.1 Å². The van der Waals surface area contributed by atoms with E-state index >= 15 is 0 Å². The number of esters is 1. The van der Waals surface area contributed by atoms with E-state index < -0.39 is 16.0 Å². The molecule has 1 amide bonds. The van der Waals surface area contributed by atoms with E-state index in [1.165, 1.54) is 7.11 Å². The molecule has 32 heavy (non-hydrogen) atoms. The molecule has 3 aromatic rings. The van der Waals surface area contributed by atoms with Gasteiger partial charge in [-0.2, -0.15) is 0 Å². The zero-order chi connectivity index (χ0) is 23.0. The quantitative estimate of drug-likeness (QED) is 0.546. The monoisotopic (exact) mass is 476 g/mol. The highest BCUT2D eigenvalue weighted by atomic mass is 32.2. The number of para-hydroxylation sites is 1. The van der Waals surface area contributed by atoms with Gasteiger partial charge in [-0.05, 0) is 37.5 Å². The van der Waals surface area contributed by atoms with E-state index in [0.29, 0.717) is 35.4 Å². The van der Waals surface area contributed by atoms with Crippen molar-refractivity contribution in [2.24, 2.45) is 0 Å². The van der Waals surface area contributed by atoms with Crippen LogP contribution in [0.2, 0.25) is 0 Å². The number of nitrogens with zero attached hydrogens (tertiary/aromatic N) is 1. The summed E-state index contributed by atoms with van der Waals surface area (Å²) >= 11 is 1.01. The number of sulfonamides is 1. The highest BCUT2D eigenvalue weighted by molar-refractivity contribution is 7.91. The number of furan rings is 1. The summed E-state index contributed by atoms with van der Waals surface area (Å²) in [6, 6.07) is 8.79. The topological polar surface area (TPSA) is 106 Å². The van der Waals surface area contributed by atoms with Gasteiger partial charge in [0, 0.05) is 22.8 Å². The summed E-state index contributed by atoms with van der Waals surface area (Å²) in [6.07, 6.45) is 0.957. The molecule has 4 rings (SSSR count). The standard InChI is InChI=1S/C22H24N2O6S2/c1-4-13(2)23-32(27,28)22-19(21(26)29-3)15-9-10-24(12-18(15)31-22)20(25)17-11-14-7-5-6-8-16(14)30-17/h5-8,11,13,23H,4,9-10,12H2,1-3H3. The van der Waals surface area contributed by atoms with Crippen molar-refractivity contribution in [2.45, 2.75) is 43.5 Å². The summed E-state index contributed by atoms with van der Waals surface area (Å²) in [4.78, 5) is 27.8. The molecule has 1 unspecified atom stereocenters. The Balaban J connectivity index is 1.67. The van der Waals surface area contributed by atoms with E-state index in [4.69, 9.17) is 9.15 Å². The van der Waals surface area contributed by atoms with Crippen LogP contribution in [0, 0.1) is 0 Å². The Morgan fingerprint density at radius 1 is 1.31 bits per heavy atom. The average molecular weight is 477 g/mol. The third kappa shape index (κ3) is 4.05. The van der Waals surface area contributed by atoms with E-state index in [0.717, 1.165) is 16.7 Å². The Bertz CT molecular complexity index is 1260. The summed E-state index contributed by atoms with van der Waals surface area (Å²) in [5.41, 5.74) is 1.32. The number of carbonyl (C=O) groups excluding carboxylic acids is 2. The molecule has 0 fully saturated rings. The molecule has 8 nitrogen and oxygen atoms in total. The minimum absolute atomic E-state index is 0.0623. The average Bonchev–Trinajstić information content (AvgIpc) is 3.39. The normalized spacial score (nSPS) is 14.9. The molecular weight excluding hydrogens is 452 g/mol. The minimum atomic E-state index is -3.91. The number of carbonyl (C=O) groups is 2. The first-order chi connectivity index (χ1) is 15.2. The molecule has 170 valence electrons. The van der Waals surface area contributed by atoms with Gasteiger partial charge in [-0.25, -0.2) is 17.9 Å². The Hall–Kier alpha value is -2.69. The Morgan fingerprint density at radius 3 is 2.75 bits per heavy atom. The third-order valence-electron chi connectivity index (χ3n) is 5.55. The SMILES string of the molecule is CCC(C)NS(=O)(=O)c1sc2c(c1C(=O)OC)CCN(C(=O)c1cc3ccccc3o1)C2. The number of nitrogens with one attached hydrogen (secondary N) is 1. The predicted octanol–water partition coefficient (Wildman–Crippen LogP) is 3.56. The maximum absolute atomic E-state index is 13.1. The molecule has 0 bridgehead atoms.